The molecule has 0 unspecified atom stereocenters. The molecule has 0 atom stereocenters. The van der Waals surface area contributed by atoms with Gasteiger partial charge in [-0.05, 0) is 11.4 Å². The average molecular weight is 233 g/mol. The van der Waals surface area contributed by atoms with Gasteiger partial charge in [-0.2, -0.15) is 0 Å². The Kier molecular flexibility index (Phi) is 3.83. The minimum absolute atomic E-state index is 0.581. The van der Waals surface area contributed by atoms with Crippen LogP contribution in [0, 0.1) is 0 Å². The molecule has 60 valence electrons. The molecule has 1 heterocycles. The summed E-state index contributed by atoms with van der Waals surface area (Å²) in [5.41, 5.74) is 0. The molecule has 0 N–H and O–H groups in total. The maximum Gasteiger partial charge on any atom is 0.0814 e. The topological polar surface area (TPSA) is 9.23 Å². The van der Waals surface area contributed by atoms with Crippen molar-refractivity contribution in [2.24, 2.45) is 0 Å². The van der Waals surface area contributed by atoms with Gasteiger partial charge >= 0.3 is 0 Å². The summed E-state index contributed by atoms with van der Waals surface area (Å²) in [5, 5.41) is 2.04. The molecule has 11 heavy (non-hydrogen) atoms. The van der Waals surface area contributed by atoms with Gasteiger partial charge in [0.15, 0.2) is 0 Å². The van der Waals surface area contributed by atoms with Crippen LogP contribution in [0.5, 0.6) is 0 Å². The monoisotopic (exact) mass is 232 g/mol. The van der Waals surface area contributed by atoms with Gasteiger partial charge in [-0.15, -0.1) is 11.3 Å². The van der Waals surface area contributed by atoms with Crippen LogP contribution in [-0.4, -0.2) is 6.61 Å². The lowest BCUT2D eigenvalue weighted by Crippen LogP contribution is -1.91. The van der Waals surface area contributed by atoms with E-state index in [9.17, 15) is 0 Å². The Bertz CT molecular complexity index is 218. The summed E-state index contributed by atoms with van der Waals surface area (Å²) in [5.74, 6) is 0. The van der Waals surface area contributed by atoms with Gasteiger partial charge in [-0.3, -0.25) is 0 Å². The van der Waals surface area contributed by atoms with Gasteiger partial charge in [0.2, 0.25) is 0 Å². The number of halogens is 1. The van der Waals surface area contributed by atoms with E-state index < -0.39 is 0 Å². The lowest BCUT2D eigenvalue weighted by Gasteiger charge is -1.98. The van der Waals surface area contributed by atoms with E-state index in [-0.39, 0.29) is 0 Å². The Morgan fingerprint density at radius 1 is 1.73 bits per heavy atom. The van der Waals surface area contributed by atoms with Gasteiger partial charge in [0.05, 0.1) is 13.2 Å². The fourth-order valence-corrected chi connectivity index (χ4v) is 1.46. The van der Waals surface area contributed by atoms with Gasteiger partial charge in [0, 0.05) is 9.36 Å². The minimum Gasteiger partial charge on any atom is -0.371 e. The highest BCUT2D eigenvalue weighted by molar-refractivity contribution is 9.11. The van der Waals surface area contributed by atoms with Gasteiger partial charge in [-0.25, -0.2) is 0 Å². The molecule has 1 rings (SSSR count). The van der Waals surface area contributed by atoms with Crippen molar-refractivity contribution in [3.05, 3.63) is 33.5 Å². The second-order valence-electron chi connectivity index (χ2n) is 2.09. The lowest BCUT2D eigenvalue weighted by atomic mass is 10.5. The lowest BCUT2D eigenvalue weighted by molar-refractivity contribution is 0.150. The zero-order chi connectivity index (χ0) is 8.10. The molecule has 0 aliphatic heterocycles. The summed E-state index contributed by atoms with van der Waals surface area (Å²) in [6.07, 6.45) is 0. The standard InChI is InChI=1S/C8H9BrOS/c1-7(9)5-10-6-8-3-2-4-11-8/h2-4H,1,5-6H2. The molecule has 0 spiro atoms. The van der Waals surface area contributed by atoms with Crippen molar-refractivity contribution in [2.75, 3.05) is 6.61 Å². The Morgan fingerprint density at radius 2 is 2.55 bits per heavy atom. The summed E-state index contributed by atoms with van der Waals surface area (Å²) in [7, 11) is 0. The van der Waals surface area contributed by atoms with E-state index in [1.54, 1.807) is 11.3 Å². The van der Waals surface area contributed by atoms with E-state index >= 15 is 0 Å². The molecule has 3 heteroatoms. The van der Waals surface area contributed by atoms with Crippen LogP contribution in [0.1, 0.15) is 4.88 Å². The molecule has 0 aliphatic carbocycles. The molecule has 0 saturated heterocycles. The summed E-state index contributed by atoms with van der Waals surface area (Å²) in [4.78, 5) is 1.25. The number of ether oxygens (including phenoxy) is 1. The second kappa shape index (κ2) is 4.70. The molecule has 0 aliphatic rings. The molecule has 0 radical (unpaired) electrons. The van der Waals surface area contributed by atoms with Gasteiger partial charge in [0.25, 0.3) is 0 Å². The first kappa shape index (κ1) is 8.97. The molecule has 1 aromatic rings. The van der Waals surface area contributed by atoms with E-state index in [4.69, 9.17) is 4.74 Å². The summed E-state index contributed by atoms with van der Waals surface area (Å²) >= 11 is 4.93. The quantitative estimate of drug-likeness (QED) is 0.776. The highest BCUT2D eigenvalue weighted by Gasteiger charge is 1.93. The zero-order valence-electron chi connectivity index (χ0n) is 6.05. The van der Waals surface area contributed by atoms with Crippen LogP contribution in [0.15, 0.2) is 28.6 Å². The zero-order valence-corrected chi connectivity index (χ0v) is 8.45. The van der Waals surface area contributed by atoms with Gasteiger partial charge < -0.3 is 4.74 Å². The molecule has 0 aromatic carbocycles. The van der Waals surface area contributed by atoms with Crippen molar-refractivity contribution in [3.8, 4) is 0 Å². The molecule has 1 nitrogen and oxygen atoms in total. The maximum atomic E-state index is 5.30. The summed E-state index contributed by atoms with van der Waals surface area (Å²) < 4.78 is 6.19. The van der Waals surface area contributed by atoms with Crippen LogP contribution in [-0.2, 0) is 11.3 Å². The van der Waals surface area contributed by atoms with Crippen molar-refractivity contribution in [1.29, 1.82) is 0 Å². The van der Waals surface area contributed by atoms with Crippen molar-refractivity contribution >= 4 is 27.3 Å². The number of hydrogen-bond acceptors (Lipinski definition) is 2. The number of rotatable bonds is 4. The minimum atomic E-state index is 0.581. The van der Waals surface area contributed by atoms with Crippen LogP contribution < -0.4 is 0 Å². The molecular weight excluding hydrogens is 224 g/mol. The highest BCUT2D eigenvalue weighted by Crippen LogP contribution is 2.10. The normalized spacial score (nSPS) is 9.91. The Labute approximate surface area is 78.8 Å². The summed E-state index contributed by atoms with van der Waals surface area (Å²) in [6, 6.07) is 4.08. The third-order valence-corrected chi connectivity index (χ3v) is 2.16. The highest BCUT2D eigenvalue weighted by atomic mass is 79.9. The molecule has 1 aromatic heterocycles. The molecule has 0 bridgehead atoms. The fraction of sp³-hybridized carbons (Fsp3) is 0.250. The van der Waals surface area contributed by atoms with Gasteiger partial charge in [-0.1, -0.05) is 28.6 Å². The third-order valence-electron chi connectivity index (χ3n) is 1.08. The van der Waals surface area contributed by atoms with Crippen molar-refractivity contribution in [1.82, 2.24) is 0 Å². The predicted octanol–water partition coefficient (Wildman–Crippen LogP) is 3.17. The molecule has 0 saturated carbocycles. The largest absolute Gasteiger partial charge is 0.371 e. The van der Waals surface area contributed by atoms with Crippen molar-refractivity contribution in [3.63, 3.8) is 0 Å². The fourth-order valence-electron chi connectivity index (χ4n) is 0.657. The smallest absolute Gasteiger partial charge is 0.0814 e. The molecular formula is C8H9BrOS. The number of hydrogen-bond donors (Lipinski definition) is 0. The van der Waals surface area contributed by atoms with E-state index in [1.165, 1.54) is 4.88 Å². The molecule has 0 amide bonds. The Hall–Kier alpha value is -0.120. The first-order chi connectivity index (χ1) is 5.29. The maximum absolute atomic E-state index is 5.30. The van der Waals surface area contributed by atoms with Crippen LogP contribution >= 0.6 is 27.3 Å². The Morgan fingerprint density at radius 3 is 3.09 bits per heavy atom. The van der Waals surface area contributed by atoms with Crippen LogP contribution in [0.3, 0.4) is 0 Å². The van der Waals surface area contributed by atoms with Crippen molar-refractivity contribution < 1.29 is 4.74 Å². The first-order valence-corrected chi connectivity index (χ1v) is 4.89. The predicted molar refractivity (Wildman–Crippen MR) is 52.0 cm³/mol. The van der Waals surface area contributed by atoms with E-state index in [0.717, 1.165) is 4.48 Å². The number of thiophene rings is 1. The summed E-state index contributed by atoms with van der Waals surface area (Å²) in [6.45, 7) is 4.93. The first-order valence-electron chi connectivity index (χ1n) is 3.22. The second-order valence-corrected chi connectivity index (χ2v) is 4.24. The Balaban J connectivity index is 2.19. The van der Waals surface area contributed by atoms with Crippen LogP contribution in [0.2, 0.25) is 0 Å². The van der Waals surface area contributed by atoms with E-state index in [2.05, 4.69) is 28.6 Å². The van der Waals surface area contributed by atoms with Crippen LogP contribution in [0.25, 0.3) is 0 Å². The van der Waals surface area contributed by atoms with Crippen molar-refractivity contribution in [2.45, 2.75) is 6.61 Å². The van der Waals surface area contributed by atoms with E-state index in [1.807, 2.05) is 11.4 Å². The van der Waals surface area contributed by atoms with Gasteiger partial charge in [0.1, 0.15) is 0 Å². The SMILES string of the molecule is C=C(Br)COCc1cccs1. The molecule has 0 fully saturated rings. The van der Waals surface area contributed by atoms with E-state index in [0.29, 0.717) is 13.2 Å². The van der Waals surface area contributed by atoms with Crippen LogP contribution in [0.4, 0.5) is 0 Å². The third kappa shape index (κ3) is 3.70. The average Bonchev–Trinajstić information content (AvgIpc) is 2.39.